The van der Waals surface area contributed by atoms with Crippen LogP contribution >= 0.6 is 0 Å². The maximum Gasteiger partial charge on any atom is 0.492 e. The van der Waals surface area contributed by atoms with E-state index in [1.54, 1.807) is 45.0 Å². The van der Waals surface area contributed by atoms with Crippen molar-refractivity contribution in [3.8, 4) is 0 Å². The molecule has 0 bridgehead atoms. The molecule has 8 nitrogen and oxygen atoms in total. The van der Waals surface area contributed by atoms with Crippen LogP contribution in [0.1, 0.15) is 40.9 Å². The molecule has 0 aliphatic carbocycles. The number of carboxylic acid groups (broad SMARTS) is 1. The number of hydrogen-bond donors (Lipinski definition) is 2. The van der Waals surface area contributed by atoms with Gasteiger partial charge in [-0.05, 0) is 53.2 Å². The van der Waals surface area contributed by atoms with E-state index in [1.807, 2.05) is 0 Å². The SMILES string of the molecule is Cc1c(C(=O)N(Cc2cccc(S(C)(=O)=O)c2)[C@H](C(=O)O)C(C)C)ccc2c1B(O)OC2. The third kappa shape index (κ3) is 4.72. The molecule has 170 valence electrons. The van der Waals surface area contributed by atoms with Crippen LogP contribution in [0.3, 0.4) is 0 Å². The number of rotatable bonds is 7. The molecule has 0 saturated carbocycles. The van der Waals surface area contributed by atoms with Gasteiger partial charge in [0.2, 0.25) is 0 Å². The van der Waals surface area contributed by atoms with Crippen molar-refractivity contribution >= 4 is 34.3 Å². The lowest BCUT2D eigenvalue weighted by atomic mass is 9.75. The molecular weight excluding hydrogens is 433 g/mol. The summed E-state index contributed by atoms with van der Waals surface area (Å²) in [5.41, 5.74) is 2.58. The second-order valence-electron chi connectivity index (χ2n) is 8.35. The number of nitrogens with zero attached hydrogens (tertiary/aromatic N) is 1. The second-order valence-corrected chi connectivity index (χ2v) is 10.4. The first kappa shape index (κ1) is 24.0. The number of fused-ring (bicyclic) bond motifs is 1. The van der Waals surface area contributed by atoms with E-state index in [2.05, 4.69) is 0 Å². The van der Waals surface area contributed by atoms with Gasteiger partial charge < -0.3 is 19.7 Å². The van der Waals surface area contributed by atoms with Gasteiger partial charge in [0.1, 0.15) is 6.04 Å². The Hall–Kier alpha value is -2.69. The summed E-state index contributed by atoms with van der Waals surface area (Å²) in [5, 5.41) is 20.0. The predicted octanol–water partition coefficient (Wildman–Crippen LogP) is 1.37. The van der Waals surface area contributed by atoms with Crippen LogP contribution < -0.4 is 5.46 Å². The highest BCUT2D eigenvalue weighted by atomic mass is 32.2. The van der Waals surface area contributed by atoms with Gasteiger partial charge in [0.15, 0.2) is 9.84 Å². The van der Waals surface area contributed by atoms with E-state index in [1.165, 1.54) is 17.0 Å². The topological polar surface area (TPSA) is 121 Å². The molecule has 1 aliphatic rings. The van der Waals surface area contributed by atoms with E-state index in [-0.39, 0.29) is 23.6 Å². The molecule has 0 radical (unpaired) electrons. The van der Waals surface area contributed by atoms with Crippen molar-refractivity contribution in [1.29, 1.82) is 0 Å². The van der Waals surface area contributed by atoms with Crippen molar-refractivity contribution in [2.75, 3.05) is 6.26 Å². The molecule has 0 saturated heterocycles. The summed E-state index contributed by atoms with van der Waals surface area (Å²) in [6.45, 7) is 5.25. The number of amides is 1. The number of hydrogen-bond acceptors (Lipinski definition) is 6. The van der Waals surface area contributed by atoms with Gasteiger partial charge in [-0.3, -0.25) is 4.79 Å². The number of carbonyl (C=O) groups is 2. The highest BCUT2D eigenvalue weighted by molar-refractivity contribution is 7.90. The molecule has 2 aromatic carbocycles. The van der Waals surface area contributed by atoms with Gasteiger partial charge in [0, 0.05) is 18.4 Å². The van der Waals surface area contributed by atoms with Crippen LogP contribution in [0.2, 0.25) is 0 Å². The van der Waals surface area contributed by atoms with Crippen molar-refractivity contribution < 1.29 is 32.8 Å². The number of aliphatic carboxylic acids is 1. The molecule has 2 aromatic rings. The van der Waals surface area contributed by atoms with Crippen LogP contribution in [-0.2, 0) is 32.4 Å². The zero-order valence-electron chi connectivity index (χ0n) is 18.4. The summed E-state index contributed by atoms with van der Waals surface area (Å²) in [4.78, 5) is 27.1. The molecule has 32 heavy (non-hydrogen) atoms. The molecule has 10 heteroatoms. The van der Waals surface area contributed by atoms with Gasteiger partial charge in [0.05, 0.1) is 11.5 Å². The lowest BCUT2D eigenvalue weighted by molar-refractivity contribution is -0.144. The first-order chi connectivity index (χ1) is 14.9. The van der Waals surface area contributed by atoms with Gasteiger partial charge in [-0.25, -0.2) is 13.2 Å². The van der Waals surface area contributed by atoms with Gasteiger partial charge in [-0.2, -0.15) is 0 Å². The van der Waals surface area contributed by atoms with Gasteiger partial charge >= 0.3 is 13.1 Å². The standard InChI is InChI=1S/C22H26BNO7S/c1-13(2)20(22(26)27)24(11-15-6-5-7-17(10-15)32(4,29)30)21(25)18-9-8-16-12-31-23(28)19(16)14(18)3/h5-10,13,20,28H,11-12H2,1-4H3,(H,26,27)/t20-/m0/s1. The molecule has 2 N–H and O–H groups in total. The van der Waals surface area contributed by atoms with Gasteiger partial charge in [-0.1, -0.05) is 32.0 Å². The Kier molecular flexibility index (Phi) is 6.78. The minimum absolute atomic E-state index is 0.0904. The Bertz CT molecular complexity index is 1160. The monoisotopic (exact) mass is 459 g/mol. The highest BCUT2D eigenvalue weighted by Gasteiger charge is 2.36. The maximum absolute atomic E-state index is 13.6. The molecule has 1 atom stereocenters. The Balaban J connectivity index is 2.08. The zero-order chi connectivity index (χ0) is 23.8. The quantitative estimate of drug-likeness (QED) is 0.600. The van der Waals surface area contributed by atoms with Crippen LogP contribution in [-0.4, -0.2) is 54.7 Å². The first-order valence-corrected chi connectivity index (χ1v) is 12.1. The normalized spacial score (nSPS) is 14.4. The summed E-state index contributed by atoms with van der Waals surface area (Å²) in [7, 11) is -4.61. The van der Waals surface area contributed by atoms with E-state index in [4.69, 9.17) is 4.65 Å². The van der Waals surface area contributed by atoms with Crippen LogP contribution in [0.4, 0.5) is 0 Å². The van der Waals surface area contributed by atoms with Gasteiger partial charge in [0.25, 0.3) is 5.91 Å². The molecule has 1 amide bonds. The summed E-state index contributed by atoms with van der Waals surface area (Å²) in [6, 6.07) is 8.28. The third-order valence-electron chi connectivity index (χ3n) is 5.64. The van der Waals surface area contributed by atoms with E-state index in [9.17, 15) is 28.1 Å². The molecule has 3 rings (SSSR count). The number of sulfone groups is 1. The molecule has 0 spiro atoms. The Morgan fingerprint density at radius 1 is 1.22 bits per heavy atom. The summed E-state index contributed by atoms with van der Waals surface area (Å²) in [6.07, 6.45) is 1.09. The number of benzene rings is 2. The molecule has 0 unspecified atom stereocenters. The molecular formula is C22H26BNO7S. The van der Waals surface area contributed by atoms with Crippen molar-refractivity contribution in [2.45, 2.75) is 44.9 Å². The Morgan fingerprint density at radius 2 is 1.91 bits per heavy atom. The molecule has 0 aromatic heterocycles. The number of carbonyl (C=O) groups excluding carboxylic acids is 1. The highest BCUT2D eigenvalue weighted by Crippen LogP contribution is 2.23. The van der Waals surface area contributed by atoms with E-state index in [0.29, 0.717) is 16.6 Å². The summed E-state index contributed by atoms with van der Waals surface area (Å²) < 4.78 is 29.1. The fourth-order valence-corrected chi connectivity index (χ4v) is 4.73. The van der Waals surface area contributed by atoms with Crippen LogP contribution in [0.5, 0.6) is 0 Å². The van der Waals surface area contributed by atoms with Crippen LogP contribution in [0, 0.1) is 12.8 Å². The summed E-state index contributed by atoms with van der Waals surface area (Å²) in [5.74, 6) is -2.08. The minimum Gasteiger partial charge on any atom is -0.480 e. The summed E-state index contributed by atoms with van der Waals surface area (Å²) >= 11 is 0. The minimum atomic E-state index is -3.47. The largest absolute Gasteiger partial charge is 0.492 e. The third-order valence-corrected chi connectivity index (χ3v) is 6.75. The second kappa shape index (κ2) is 9.05. The van der Waals surface area contributed by atoms with Crippen molar-refractivity contribution in [2.24, 2.45) is 5.92 Å². The fourth-order valence-electron chi connectivity index (χ4n) is 4.04. The van der Waals surface area contributed by atoms with E-state index in [0.717, 1.165) is 11.8 Å². The smallest absolute Gasteiger partial charge is 0.480 e. The van der Waals surface area contributed by atoms with Crippen LogP contribution in [0.15, 0.2) is 41.3 Å². The molecule has 1 aliphatic heterocycles. The van der Waals surface area contributed by atoms with Crippen molar-refractivity contribution in [1.82, 2.24) is 4.90 Å². The zero-order valence-corrected chi connectivity index (χ0v) is 19.2. The average molecular weight is 459 g/mol. The average Bonchev–Trinajstić information content (AvgIpc) is 3.08. The lowest BCUT2D eigenvalue weighted by Gasteiger charge is -2.32. The maximum atomic E-state index is 13.6. The van der Waals surface area contributed by atoms with Gasteiger partial charge in [-0.15, -0.1) is 0 Å². The fraction of sp³-hybridized carbons (Fsp3) is 0.364. The lowest BCUT2D eigenvalue weighted by Crippen LogP contribution is -2.48. The van der Waals surface area contributed by atoms with E-state index < -0.39 is 40.8 Å². The van der Waals surface area contributed by atoms with E-state index >= 15 is 0 Å². The molecule has 0 fully saturated rings. The predicted molar refractivity (Wildman–Crippen MR) is 119 cm³/mol. The van der Waals surface area contributed by atoms with Crippen molar-refractivity contribution in [3.63, 3.8) is 0 Å². The molecule has 1 heterocycles. The van der Waals surface area contributed by atoms with Crippen LogP contribution in [0.25, 0.3) is 0 Å². The van der Waals surface area contributed by atoms with Crippen molar-refractivity contribution in [3.05, 3.63) is 58.7 Å². The number of carboxylic acids is 1. The Morgan fingerprint density at radius 3 is 2.50 bits per heavy atom. The first-order valence-electron chi connectivity index (χ1n) is 10.2. The Labute approximate surface area is 187 Å².